The predicted octanol–water partition coefficient (Wildman–Crippen LogP) is 2.48. The van der Waals surface area contributed by atoms with Crippen molar-refractivity contribution < 1.29 is 9.47 Å². The van der Waals surface area contributed by atoms with Gasteiger partial charge in [-0.1, -0.05) is 0 Å². The number of hydrogen-bond acceptors (Lipinski definition) is 4. The Hall–Kier alpha value is -1.76. The van der Waals surface area contributed by atoms with Crippen LogP contribution in [0.2, 0.25) is 0 Å². The third-order valence-corrected chi connectivity index (χ3v) is 2.94. The molecule has 1 fully saturated rings. The Labute approximate surface area is 101 Å². The SMILES string of the molecule is COc1ccc(CC#N)nc1OC1CCCC1. The van der Waals surface area contributed by atoms with Gasteiger partial charge >= 0.3 is 0 Å². The van der Waals surface area contributed by atoms with E-state index in [4.69, 9.17) is 14.7 Å². The van der Waals surface area contributed by atoms with Gasteiger partial charge in [0, 0.05) is 0 Å². The van der Waals surface area contributed by atoms with Gasteiger partial charge in [0.15, 0.2) is 5.75 Å². The number of methoxy groups -OCH3 is 1. The number of nitriles is 1. The van der Waals surface area contributed by atoms with Crippen LogP contribution in [0.5, 0.6) is 11.6 Å². The van der Waals surface area contributed by atoms with Crippen molar-refractivity contribution in [3.8, 4) is 17.7 Å². The van der Waals surface area contributed by atoms with Gasteiger partial charge in [0.25, 0.3) is 5.88 Å². The molecular weight excluding hydrogens is 216 g/mol. The summed E-state index contributed by atoms with van der Waals surface area (Å²) in [6, 6.07) is 5.69. The number of hydrogen-bond donors (Lipinski definition) is 0. The highest BCUT2D eigenvalue weighted by Crippen LogP contribution is 2.29. The summed E-state index contributed by atoms with van der Waals surface area (Å²) in [4.78, 5) is 4.33. The van der Waals surface area contributed by atoms with Crippen molar-refractivity contribution in [3.63, 3.8) is 0 Å². The molecule has 1 aliphatic carbocycles. The molecule has 1 heterocycles. The third-order valence-electron chi connectivity index (χ3n) is 2.94. The van der Waals surface area contributed by atoms with Gasteiger partial charge in [-0.05, 0) is 37.8 Å². The maximum atomic E-state index is 8.66. The Morgan fingerprint density at radius 3 is 2.82 bits per heavy atom. The summed E-state index contributed by atoms with van der Waals surface area (Å²) in [5, 5.41) is 8.66. The normalized spacial score (nSPS) is 15.5. The second-order valence-corrected chi connectivity index (χ2v) is 4.17. The van der Waals surface area contributed by atoms with Gasteiger partial charge < -0.3 is 9.47 Å². The minimum Gasteiger partial charge on any atom is -0.491 e. The molecule has 0 N–H and O–H groups in total. The summed E-state index contributed by atoms with van der Waals surface area (Å²) >= 11 is 0. The first-order valence-electron chi connectivity index (χ1n) is 5.91. The Balaban J connectivity index is 2.16. The van der Waals surface area contributed by atoms with Crippen LogP contribution in [-0.4, -0.2) is 18.2 Å². The lowest BCUT2D eigenvalue weighted by atomic mass is 10.3. The van der Waals surface area contributed by atoms with Crippen LogP contribution in [0.3, 0.4) is 0 Å². The zero-order chi connectivity index (χ0) is 12.1. The Kier molecular flexibility index (Phi) is 3.81. The lowest BCUT2D eigenvalue weighted by Gasteiger charge is -2.15. The summed E-state index contributed by atoms with van der Waals surface area (Å²) in [7, 11) is 1.60. The zero-order valence-corrected chi connectivity index (χ0v) is 9.98. The molecular formula is C13H16N2O2. The van der Waals surface area contributed by atoms with E-state index in [0.717, 1.165) is 18.5 Å². The van der Waals surface area contributed by atoms with Crippen LogP contribution in [0, 0.1) is 11.3 Å². The van der Waals surface area contributed by atoms with Crippen LogP contribution in [-0.2, 0) is 6.42 Å². The van der Waals surface area contributed by atoms with Crippen LogP contribution < -0.4 is 9.47 Å². The number of pyridine rings is 1. The van der Waals surface area contributed by atoms with Crippen LogP contribution in [0.4, 0.5) is 0 Å². The van der Waals surface area contributed by atoms with Gasteiger partial charge in [0.1, 0.15) is 6.10 Å². The van der Waals surface area contributed by atoms with Gasteiger partial charge in [0.05, 0.1) is 25.3 Å². The molecule has 4 nitrogen and oxygen atoms in total. The van der Waals surface area contributed by atoms with E-state index in [2.05, 4.69) is 11.1 Å². The van der Waals surface area contributed by atoms with E-state index in [1.54, 1.807) is 13.2 Å². The predicted molar refractivity (Wildman–Crippen MR) is 63.0 cm³/mol. The van der Waals surface area contributed by atoms with E-state index in [1.165, 1.54) is 12.8 Å². The maximum Gasteiger partial charge on any atom is 0.257 e. The van der Waals surface area contributed by atoms with Crippen molar-refractivity contribution in [1.82, 2.24) is 4.98 Å². The molecule has 0 spiro atoms. The van der Waals surface area contributed by atoms with Crippen molar-refractivity contribution in [1.29, 1.82) is 5.26 Å². The number of rotatable bonds is 4. The summed E-state index contributed by atoms with van der Waals surface area (Å²) in [5.41, 5.74) is 0.723. The second-order valence-electron chi connectivity index (χ2n) is 4.17. The topological polar surface area (TPSA) is 55.1 Å². The van der Waals surface area contributed by atoms with Gasteiger partial charge in [-0.3, -0.25) is 0 Å². The smallest absolute Gasteiger partial charge is 0.257 e. The molecule has 17 heavy (non-hydrogen) atoms. The fourth-order valence-electron chi connectivity index (χ4n) is 2.05. The van der Waals surface area contributed by atoms with Crippen molar-refractivity contribution in [2.45, 2.75) is 38.2 Å². The lowest BCUT2D eigenvalue weighted by Crippen LogP contribution is -2.13. The lowest BCUT2D eigenvalue weighted by molar-refractivity contribution is 0.191. The van der Waals surface area contributed by atoms with Crippen LogP contribution in [0.15, 0.2) is 12.1 Å². The van der Waals surface area contributed by atoms with Crippen molar-refractivity contribution in [2.75, 3.05) is 7.11 Å². The molecule has 2 rings (SSSR count). The van der Waals surface area contributed by atoms with Crippen molar-refractivity contribution >= 4 is 0 Å². The van der Waals surface area contributed by atoms with E-state index in [9.17, 15) is 0 Å². The molecule has 0 aliphatic heterocycles. The molecule has 0 unspecified atom stereocenters. The molecule has 1 aliphatic rings. The monoisotopic (exact) mass is 232 g/mol. The Morgan fingerprint density at radius 2 is 2.18 bits per heavy atom. The molecule has 0 atom stereocenters. The molecule has 1 aromatic heterocycles. The fourth-order valence-corrected chi connectivity index (χ4v) is 2.05. The quantitative estimate of drug-likeness (QED) is 0.800. The van der Waals surface area contributed by atoms with Crippen molar-refractivity contribution in [2.24, 2.45) is 0 Å². The van der Waals surface area contributed by atoms with E-state index in [0.29, 0.717) is 18.1 Å². The van der Waals surface area contributed by atoms with Crippen molar-refractivity contribution in [3.05, 3.63) is 17.8 Å². The third kappa shape index (κ3) is 2.88. The minimum atomic E-state index is 0.244. The molecule has 0 radical (unpaired) electrons. The van der Waals surface area contributed by atoms with Gasteiger partial charge in [-0.25, -0.2) is 4.98 Å². The number of nitrogens with zero attached hydrogens (tertiary/aromatic N) is 2. The zero-order valence-electron chi connectivity index (χ0n) is 9.98. The maximum absolute atomic E-state index is 8.66. The largest absolute Gasteiger partial charge is 0.491 e. The molecule has 0 bridgehead atoms. The fraction of sp³-hybridized carbons (Fsp3) is 0.538. The molecule has 1 saturated carbocycles. The molecule has 0 aromatic carbocycles. The average molecular weight is 232 g/mol. The first kappa shape index (κ1) is 11.7. The van der Waals surface area contributed by atoms with Crippen LogP contribution in [0.1, 0.15) is 31.4 Å². The van der Waals surface area contributed by atoms with E-state index in [-0.39, 0.29) is 6.10 Å². The summed E-state index contributed by atoms with van der Waals surface area (Å²) < 4.78 is 11.1. The minimum absolute atomic E-state index is 0.244. The molecule has 4 heteroatoms. The second kappa shape index (κ2) is 5.53. The summed E-state index contributed by atoms with van der Waals surface area (Å²) in [5.74, 6) is 1.16. The van der Waals surface area contributed by atoms with Gasteiger partial charge in [-0.15, -0.1) is 0 Å². The highest BCUT2D eigenvalue weighted by atomic mass is 16.5. The summed E-state index contributed by atoms with van der Waals surface area (Å²) in [6.07, 6.45) is 5.12. The van der Waals surface area contributed by atoms with Crippen LogP contribution in [0.25, 0.3) is 0 Å². The first-order valence-corrected chi connectivity index (χ1v) is 5.91. The van der Waals surface area contributed by atoms with Crippen LogP contribution >= 0.6 is 0 Å². The molecule has 0 saturated heterocycles. The molecule has 90 valence electrons. The standard InChI is InChI=1S/C13H16N2O2/c1-16-12-7-6-10(8-9-14)15-13(12)17-11-4-2-3-5-11/h6-7,11H,2-5,8H2,1H3. The highest BCUT2D eigenvalue weighted by molar-refractivity contribution is 5.35. The number of aromatic nitrogens is 1. The first-order chi connectivity index (χ1) is 8.33. The highest BCUT2D eigenvalue weighted by Gasteiger charge is 2.19. The van der Waals surface area contributed by atoms with Gasteiger partial charge in [-0.2, -0.15) is 5.26 Å². The average Bonchev–Trinajstić information content (AvgIpc) is 2.83. The van der Waals surface area contributed by atoms with E-state index in [1.807, 2.05) is 6.07 Å². The van der Waals surface area contributed by atoms with Gasteiger partial charge in [0.2, 0.25) is 0 Å². The molecule has 1 aromatic rings. The number of ether oxygens (including phenoxy) is 2. The Bertz CT molecular complexity index is 420. The molecule has 0 amide bonds. The van der Waals surface area contributed by atoms with E-state index < -0.39 is 0 Å². The van der Waals surface area contributed by atoms with E-state index >= 15 is 0 Å². The Morgan fingerprint density at radius 1 is 1.41 bits per heavy atom. The summed E-state index contributed by atoms with van der Waals surface area (Å²) in [6.45, 7) is 0.